The smallest absolute Gasteiger partial charge is 0.357 e. The summed E-state index contributed by atoms with van der Waals surface area (Å²) in [4.78, 5) is 15.9. The zero-order chi connectivity index (χ0) is 13.8. The molecule has 3 unspecified atom stereocenters. The maximum absolute atomic E-state index is 11.6. The highest BCUT2D eigenvalue weighted by Gasteiger charge is 2.26. The molecule has 0 amide bonds. The molecule has 0 radical (unpaired) electrons. The van der Waals surface area contributed by atoms with E-state index in [1.165, 1.54) is 30.6 Å². The molecule has 4 nitrogen and oxygen atoms in total. The molecule has 19 heavy (non-hydrogen) atoms. The van der Waals surface area contributed by atoms with Crippen molar-refractivity contribution >= 4 is 22.4 Å². The zero-order valence-electron chi connectivity index (χ0n) is 11.8. The largest absolute Gasteiger partial charge is 0.461 e. The quantitative estimate of drug-likeness (QED) is 0.858. The maximum atomic E-state index is 11.6. The molecule has 1 aromatic heterocycles. The van der Waals surface area contributed by atoms with Crippen LogP contribution in [0.2, 0.25) is 0 Å². The van der Waals surface area contributed by atoms with Crippen LogP contribution in [0.3, 0.4) is 0 Å². The fraction of sp³-hybridized carbons (Fsp3) is 0.714. The number of nitrogens with zero attached hydrogens (tertiary/aromatic N) is 1. The molecule has 5 heteroatoms. The molecule has 2 rings (SSSR count). The van der Waals surface area contributed by atoms with Crippen molar-refractivity contribution in [2.75, 3.05) is 11.9 Å². The Balaban J connectivity index is 1.94. The highest BCUT2D eigenvalue weighted by Crippen LogP contribution is 2.31. The zero-order valence-corrected chi connectivity index (χ0v) is 12.6. The summed E-state index contributed by atoms with van der Waals surface area (Å²) < 4.78 is 4.94. The third-order valence-corrected chi connectivity index (χ3v) is 4.50. The predicted molar refractivity (Wildman–Crippen MR) is 77.7 cm³/mol. The van der Waals surface area contributed by atoms with Gasteiger partial charge in [-0.05, 0) is 38.0 Å². The molecule has 3 atom stereocenters. The average Bonchev–Trinajstić information content (AvgIpc) is 2.82. The summed E-state index contributed by atoms with van der Waals surface area (Å²) in [7, 11) is 0. The van der Waals surface area contributed by atoms with Gasteiger partial charge in [0, 0.05) is 11.4 Å². The van der Waals surface area contributed by atoms with Gasteiger partial charge in [-0.25, -0.2) is 9.78 Å². The molecule has 1 aliphatic rings. The van der Waals surface area contributed by atoms with Crippen LogP contribution in [0.4, 0.5) is 5.13 Å². The van der Waals surface area contributed by atoms with E-state index in [0.29, 0.717) is 24.3 Å². The van der Waals surface area contributed by atoms with E-state index in [1.807, 2.05) is 0 Å². The van der Waals surface area contributed by atoms with Gasteiger partial charge in [-0.2, -0.15) is 0 Å². The number of carbonyl (C=O) groups is 1. The lowest BCUT2D eigenvalue weighted by Crippen LogP contribution is -2.32. The highest BCUT2D eigenvalue weighted by atomic mass is 32.1. The number of esters is 1. The van der Waals surface area contributed by atoms with Crippen LogP contribution in [0.15, 0.2) is 5.38 Å². The summed E-state index contributed by atoms with van der Waals surface area (Å²) in [6, 6.07) is 0.470. The van der Waals surface area contributed by atoms with Crippen molar-refractivity contribution in [2.24, 2.45) is 11.8 Å². The number of nitrogens with one attached hydrogen (secondary N) is 1. The van der Waals surface area contributed by atoms with Crippen molar-refractivity contribution in [1.29, 1.82) is 0 Å². The molecule has 0 spiro atoms. The van der Waals surface area contributed by atoms with E-state index in [4.69, 9.17) is 4.74 Å². The van der Waals surface area contributed by atoms with Crippen LogP contribution in [0.5, 0.6) is 0 Å². The van der Waals surface area contributed by atoms with Crippen LogP contribution >= 0.6 is 11.3 Å². The standard InChI is InChI=1S/C14H22N2O2S/c1-4-18-13(17)12-8-19-14(16-12)15-11-6-5-9(2)7-10(11)3/h8-11H,4-7H2,1-3H3,(H,15,16). The van der Waals surface area contributed by atoms with Crippen LogP contribution < -0.4 is 5.32 Å². The normalized spacial score (nSPS) is 27.0. The van der Waals surface area contributed by atoms with Gasteiger partial charge in [0.25, 0.3) is 0 Å². The van der Waals surface area contributed by atoms with Crippen LogP contribution in [-0.2, 0) is 4.74 Å². The van der Waals surface area contributed by atoms with Crippen molar-refractivity contribution in [2.45, 2.75) is 46.1 Å². The van der Waals surface area contributed by atoms with Gasteiger partial charge in [0.2, 0.25) is 0 Å². The number of aromatic nitrogens is 1. The molecule has 106 valence electrons. The Kier molecular flexibility index (Phi) is 4.80. The number of hydrogen-bond donors (Lipinski definition) is 1. The van der Waals surface area contributed by atoms with Crippen LogP contribution in [0, 0.1) is 11.8 Å². The lowest BCUT2D eigenvalue weighted by atomic mass is 9.80. The first-order valence-corrected chi connectivity index (χ1v) is 7.87. The number of hydrogen-bond acceptors (Lipinski definition) is 5. The lowest BCUT2D eigenvalue weighted by Gasteiger charge is -2.33. The Labute approximate surface area is 118 Å². The third kappa shape index (κ3) is 3.69. The van der Waals surface area contributed by atoms with Gasteiger partial charge >= 0.3 is 5.97 Å². The number of rotatable bonds is 4. The molecule has 1 fully saturated rings. The first kappa shape index (κ1) is 14.3. The van der Waals surface area contributed by atoms with Gasteiger partial charge in [0.05, 0.1) is 6.61 Å². The minimum absolute atomic E-state index is 0.336. The Bertz CT molecular complexity index is 433. The fourth-order valence-corrected chi connectivity index (χ4v) is 3.42. The van der Waals surface area contributed by atoms with E-state index in [9.17, 15) is 4.79 Å². The molecule has 1 aliphatic carbocycles. The van der Waals surface area contributed by atoms with Crippen molar-refractivity contribution < 1.29 is 9.53 Å². The van der Waals surface area contributed by atoms with Crippen LogP contribution in [0.1, 0.15) is 50.5 Å². The molecule has 1 heterocycles. The van der Waals surface area contributed by atoms with Gasteiger partial charge < -0.3 is 10.1 Å². The van der Waals surface area contributed by atoms with E-state index in [0.717, 1.165) is 11.0 Å². The van der Waals surface area contributed by atoms with Crippen molar-refractivity contribution in [3.63, 3.8) is 0 Å². The van der Waals surface area contributed by atoms with Gasteiger partial charge in [-0.15, -0.1) is 11.3 Å². The Morgan fingerprint density at radius 1 is 1.53 bits per heavy atom. The predicted octanol–water partition coefficient (Wildman–Crippen LogP) is 3.56. The molecular formula is C14H22N2O2S. The van der Waals surface area contributed by atoms with E-state index in [2.05, 4.69) is 24.1 Å². The molecule has 0 saturated heterocycles. The first-order chi connectivity index (χ1) is 9.10. The molecular weight excluding hydrogens is 260 g/mol. The summed E-state index contributed by atoms with van der Waals surface area (Å²) in [5.41, 5.74) is 0.409. The molecule has 0 aliphatic heterocycles. The van der Waals surface area contributed by atoms with E-state index in [1.54, 1.807) is 12.3 Å². The van der Waals surface area contributed by atoms with Gasteiger partial charge in [0.1, 0.15) is 0 Å². The lowest BCUT2D eigenvalue weighted by molar-refractivity contribution is 0.0520. The molecule has 1 aromatic rings. The number of ether oxygens (including phenoxy) is 1. The topological polar surface area (TPSA) is 51.2 Å². The minimum atomic E-state index is -0.336. The van der Waals surface area contributed by atoms with Gasteiger partial charge in [-0.3, -0.25) is 0 Å². The van der Waals surface area contributed by atoms with Crippen molar-refractivity contribution in [3.8, 4) is 0 Å². The van der Waals surface area contributed by atoms with Gasteiger partial charge in [0.15, 0.2) is 10.8 Å². The van der Waals surface area contributed by atoms with E-state index < -0.39 is 0 Å². The Morgan fingerprint density at radius 2 is 2.32 bits per heavy atom. The second-order valence-corrected chi connectivity index (χ2v) is 6.26. The number of carbonyl (C=O) groups excluding carboxylic acids is 1. The van der Waals surface area contributed by atoms with Crippen LogP contribution in [-0.4, -0.2) is 23.6 Å². The average molecular weight is 282 g/mol. The monoisotopic (exact) mass is 282 g/mol. The van der Waals surface area contributed by atoms with Crippen molar-refractivity contribution in [1.82, 2.24) is 4.98 Å². The van der Waals surface area contributed by atoms with Crippen LogP contribution in [0.25, 0.3) is 0 Å². The minimum Gasteiger partial charge on any atom is -0.461 e. The second kappa shape index (κ2) is 6.37. The Morgan fingerprint density at radius 3 is 3.00 bits per heavy atom. The first-order valence-electron chi connectivity index (χ1n) is 6.99. The summed E-state index contributed by atoms with van der Waals surface area (Å²) in [5, 5.41) is 6.06. The summed E-state index contributed by atoms with van der Waals surface area (Å²) in [6.45, 7) is 6.78. The third-order valence-electron chi connectivity index (χ3n) is 3.73. The highest BCUT2D eigenvalue weighted by molar-refractivity contribution is 7.13. The molecule has 1 N–H and O–H groups in total. The number of anilines is 1. The molecule has 0 aromatic carbocycles. The summed E-state index contributed by atoms with van der Waals surface area (Å²) in [6.07, 6.45) is 3.70. The molecule has 0 bridgehead atoms. The second-order valence-electron chi connectivity index (χ2n) is 5.40. The van der Waals surface area contributed by atoms with E-state index >= 15 is 0 Å². The molecule has 1 saturated carbocycles. The summed E-state index contributed by atoms with van der Waals surface area (Å²) in [5.74, 6) is 1.13. The number of thiazole rings is 1. The summed E-state index contributed by atoms with van der Waals surface area (Å²) >= 11 is 1.48. The fourth-order valence-electron chi connectivity index (χ4n) is 2.68. The Hall–Kier alpha value is -1.10. The SMILES string of the molecule is CCOC(=O)c1csc(NC2CCC(C)CC2C)n1. The van der Waals surface area contributed by atoms with E-state index in [-0.39, 0.29) is 5.97 Å². The van der Waals surface area contributed by atoms with Crippen molar-refractivity contribution in [3.05, 3.63) is 11.1 Å². The van der Waals surface area contributed by atoms with Gasteiger partial charge in [-0.1, -0.05) is 13.8 Å². The maximum Gasteiger partial charge on any atom is 0.357 e.